The highest BCUT2D eigenvalue weighted by atomic mass is 16.4. The van der Waals surface area contributed by atoms with Crippen molar-refractivity contribution in [1.82, 2.24) is 5.32 Å². The number of nitrogens with two attached hydrogens (primary N) is 1. The lowest BCUT2D eigenvalue weighted by Gasteiger charge is -2.28. The van der Waals surface area contributed by atoms with Crippen molar-refractivity contribution in [2.45, 2.75) is 44.2 Å². The number of carboxylic acid groups (broad SMARTS) is 1. The maximum absolute atomic E-state index is 12.3. The summed E-state index contributed by atoms with van der Waals surface area (Å²) in [4.78, 5) is 23.6. The number of hydrogen-bond donors (Lipinski definition) is 3. The van der Waals surface area contributed by atoms with Crippen LogP contribution >= 0.6 is 0 Å². The van der Waals surface area contributed by atoms with Gasteiger partial charge in [-0.1, -0.05) is 43.2 Å². The SMILES string of the molecule is NC1CCCCC1C(=O)N[C@H](Cc1ccccc1)C(=O)O. The Morgan fingerprint density at radius 2 is 1.90 bits per heavy atom. The van der Waals surface area contributed by atoms with E-state index < -0.39 is 12.0 Å². The van der Waals surface area contributed by atoms with Crippen molar-refractivity contribution in [2.75, 3.05) is 0 Å². The van der Waals surface area contributed by atoms with Crippen LogP contribution in [-0.2, 0) is 16.0 Å². The summed E-state index contributed by atoms with van der Waals surface area (Å²) in [6, 6.07) is 8.22. The summed E-state index contributed by atoms with van der Waals surface area (Å²) < 4.78 is 0. The molecule has 114 valence electrons. The number of aliphatic carboxylic acids is 1. The number of carboxylic acids is 1. The van der Waals surface area contributed by atoms with Crippen molar-refractivity contribution in [3.05, 3.63) is 35.9 Å². The minimum absolute atomic E-state index is 0.162. The number of carbonyl (C=O) groups is 2. The van der Waals surface area contributed by atoms with Gasteiger partial charge in [-0.3, -0.25) is 4.79 Å². The molecular weight excluding hydrogens is 268 g/mol. The summed E-state index contributed by atoms with van der Waals surface area (Å²) in [6.45, 7) is 0. The molecule has 5 heteroatoms. The molecule has 1 aliphatic carbocycles. The fourth-order valence-electron chi connectivity index (χ4n) is 2.81. The van der Waals surface area contributed by atoms with Crippen molar-refractivity contribution in [3.8, 4) is 0 Å². The molecule has 0 radical (unpaired) electrons. The van der Waals surface area contributed by atoms with E-state index in [1.807, 2.05) is 30.3 Å². The second-order valence-corrected chi connectivity index (χ2v) is 5.64. The Kier molecular flexibility index (Phi) is 5.33. The third-order valence-corrected chi connectivity index (χ3v) is 4.05. The lowest BCUT2D eigenvalue weighted by molar-refractivity contribution is -0.142. The first kappa shape index (κ1) is 15.5. The van der Waals surface area contributed by atoms with Gasteiger partial charge in [0.1, 0.15) is 6.04 Å². The topological polar surface area (TPSA) is 92.4 Å². The number of hydrogen-bond acceptors (Lipinski definition) is 3. The highest BCUT2D eigenvalue weighted by molar-refractivity contribution is 5.85. The highest BCUT2D eigenvalue weighted by Crippen LogP contribution is 2.23. The quantitative estimate of drug-likeness (QED) is 0.762. The molecule has 0 spiro atoms. The summed E-state index contributed by atoms with van der Waals surface area (Å²) in [5.74, 6) is -1.52. The molecule has 1 fully saturated rings. The molecule has 3 atom stereocenters. The smallest absolute Gasteiger partial charge is 0.326 e. The van der Waals surface area contributed by atoms with E-state index >= 15 is 0 Å². The van der Waals surface area contributed by atoms with Gasteiger partial charge in [0.25, 0.3) is 0 Å². The zero-order valence-electron chi connectivity index (χ0n) is 12.0. The number of benzene rings is 1. The van der Waals surface area contributed by atoms with Gasteiger partial charge in [0.15, 0.2) is 0 Å². The molecular formula is C16H22N2O3. The van der Waals surface area contributed by atoms with E-state index in [0.717, 1.165) is 31.2 Å². The average molecular weight is 290 g/mol. The van der Waals surface area contributed by atoms with E-state index in [0.29, 0.717) is 0 Å². The van der Waals surface area contributed by atoms with Crippen LogP contribution in [0.1, 0.15) is 31.2 Å². The lowest BCUT2D eigenvalue weighted by atomic mass is 9.84. The molecule has 0 aliphatic heterocycles. The fraction of sp³-hybridized carbons (Fsp3) is 0.500. The number of amides is 1. The molecule has 4 N–H and O–H groups in total. The van der Waals surface area contributed by atoms with E-state index in [2.05, 4.69) is 5.32 Å². The molecule has 1 saturated carbocycles. The van der Waals surface area contributed by atoms with E-state index in [1.54, 1.807) is 0 Å². The third-order valence-electron chi connectivity index (χ3n) is 4.05. The summed E-state index contributed by atoms with van der Waals surface area (Å²) in [6.07, 6.45) is 3.86. The second-order valence-electron chi connectivity index (χ2n) is 5.64. The Hall–Kier alpha value is -1.88. The molecule has 0 heterocycles. The maximum atomic E-state index is 12.3. The van der Waals surface area contributed by atoms with Gasteiger partial charge in [0.05, 0.1) is 5.92 Å². The molecule has 1 amide bonds. The molecule has 5 nitrogen and oxygen atoms in total. The standard InChI is InChI=1S/C16H22N2O3/c17-13-9-5-4-8-12(13)15(19)18-14(16(20)21)10-11-6-2-1-3-7-11/h1-3,6-7,12-14H,4-5,8-10,17H2,(H,18,19)(H,20,21)/t12?,13?,14-/m1/s1. The van der Waals surface area contributed by atoms with Crippen LogP contribution in [-0.4, -0.2) is 29.1 Å². The molecule has 0 saturated heterocycles. The fourth-order valence-corrected chi connectivity index (χ4v) is 2.81. The van der Waals surface area contributed by atoms with Crippen molar-refractivity contribution >= 4 is 11.9 Å². The van der Waals surface area contributed by atoms with Gasteiger partial charge in [0.2, 0.25) is 5.91 Å². The summed E-state index contributed by atoms with van der Waals surface area (Å²) in [5, 5.41) is 11.9. The summed E-state index contributed by atoms with van der Waals surface area (Å²) >= 11 is 0. The van der Waals surface area contributed by atoms with Gasteiger partial charge in [-0.05, 0) is 18.4 Å². The molecule has 21 heavy (non-hydrogen) atoms. The number of rotatable bonds is 5. The lowest BCUT2D eigenvalue weighted by Crippen LogP contribution is -2.49. The first-order valence-corrected chi connectivity index (χ1v) is 7.40. The van der Waals surface area contributed by atoms with Gasteiger partial charge in [0, 0.05) is 12.5 Å². The number of nitrogens with one attached hydrogen (secondary N) is 1. The summed E-state index contributed by atoms with van der Waals surface area (Å²) in [7, 11) is 0. The predicted molar refractivity (Wildman–Crippen MR) is 79.6 cm³/mol. The predicted octanol–water partition coefficient (Wildman–Crippen LogP) is 1.32. The van der Waals surface area contributed by atoms with Crippen LogP contribution in [0, 0.1) is 5.92 Å². The van der Waals surface area contributed by atoms with Gasteiger partial charge >= 0.3 is 5.97 Å². The van der Waals surface area contributed by atoms with Crippen LogP contribution in [0.2, 0.25) is 0 Å². The zero-order chi connectivity index (χ0) is 15.2. The van der Waals surface area contributed by atoms with Crippen LogP contribution in [0.5, 0.6) is 0 Å². The van der Waals surface area contributed by atoms with Crippen LogP contribution in [0.15, 0.2) is 30.3 Å². The average Bonchev–Trinajstić information content (AvgIpc) is 2.48. The molecule has 1 aromatic carbocycles. The Bertz CT molecular complexity index is 490. The summed E-state index contributed by atoms with van der Waals surface area (Å²) in [5.41, 5.74) is 6.86. The van der Waals surface area contributed by atoms with Crippen LogP contribution in [0.4, 0.5) is 0 Å². The van der Waals surface area contributed by atoms with Gasteiger partial charge in [-0.15, -0.1) is 0 Å². The second kappa shape index (κ2) is 7.22. The molecule has 2 rings (SSSR count). The highest BCUT2D eigenvalue weighted by Gasteiger charge is 2.31. The van der Waals surface area contributed by atoms with Crippen molar-refractivity contribution in [3.63, 3.8) is 0 Å². The Morgan fingerprint density at radius 3 is 2.52 bits per heavy atom. The molecule has 0 aromatic heterocycles. The van der Waals surface area contributed by atoms with Crippen molar-refractivity contribution in [2.24, 2.45) is 11.7 Å². The van der Waals surface area contributed by atoms with Crippen LogP contribution in [0.25, 0.3) is 0 Å². The molecule has 0 bridgehead atoms. The Labute approximate surface area is 124 Å². The van der Waals surface area contributed by atoms with Gasteiger partial charge in [-0.2, -0.15) is 0 Å². The minimum Gasteiger partial charge on any atom is -0.480 e. The first-order valence-electron chi connectivity index (χ1n) is 7.40. The third kappa shape index (κ3) is 4.29. The van der Waals surface area contributed by atoms with Crippen molar-refractivity contribution < 1.29 is 14.7 Å². The monoisotopic (exact) mass is 290 g/mol. The molecule has 1 aromatic rings. The molecule has 1 aliphatic rings. The Balaban J connectivity index is 1.99. The van der Waals surface area contributed by atoms with Crippen LogP contribution < -0.4 is 11.1 Å². The van der Waals surface area contributed by atoms with Crippen LogP contribution in [0.3, 0.4) is 0 Å². The van der Waals surface area contributed by atoms with E-state index in [9.17, 15) is 14.7 Å². The van der Waals surface area contributed by atoms with E-state index in [4.69, 9.17) is 5.73 Å². The van der Waals surface area contributed by atoms with Gasteiger partial charge < -0.3 is 16.2 Å². The normalized spacial score (nSPS) is 23.3. The first-order chi connectivity index (χ1) is 10.1. The number of carbonyl (C=O) groups excluding carboxylic acids is 1. The molecule has 2 unspecified atom stereocenters. The maximum Gasteiger partial charge on any atom is 0.326 e. The van der Waals surface area contributed by atoms with Gasteiger partial charge in [-0.25, -0.2) is 4.79 Å². The zero-order valence-corrected chi connectivity index (χ0v) is 12.0. The van der Waals surface area contributed by atoms with Crippen molar-refractivity contribution in [1.29, 1.82) is 0 Å². The minimum atomic E-state index is -1.02. The van der Waals surface area contributed by atoms with E-state index in [1.165, 1.54) is 0 Å². The van der Waals surface area contributed by atoms with E-state index in [-0.39, 0.29) is 24.3 Å². The largest absolute Gasteiger partial charge is 0.480 e. The Morgan fingerprint density at radius 1 is 1.24 bits per heavy atom.